The van der Waals surface area contributed by atoms with Crippen molar-refractivity contribution in [2.24, 2.45) is 5.92 Å². The Balaban J connectivity index is 1.99. The first-order valence-corrected chi connectivity index (χ1v) is 12.0. The number of rotatable bonds is 9. The molecule has 2 aromatic rings. The van der Waals surface area contributed by atoms with Gasteiger partial charge in [-0.15, -0.1) is 11.6 Å². The Morgan fingerprint density at radius 3 is 2.29 bits per heavy atom. The molecular formula is C26H32ClFN2O4. The first kappa shape index (κ1) is 25.8. The maximum atomic E-state index is 13.7. The highest BCUT2D eigenvalue weighted by Crippen LogP contribution is 2.34. The van der Waals surface area contributed by atoms with Gasteiger partial charge in [0.1, 0.15) is 17.7 Å². The molecule has 0 aliphatic heterocycles. The first-order chi connectivity index (χ1) is 16.4. The van der Waals surface area contributed by atoms with Crippen LogP contribution in [0.5, 0.6) is 11.5 Å². The summed E-state index contributed by atoms with van der Waals surface area (Å²) >= 11 is 5.96. The second-order valence-electron chi connectivity index (χ2n) is 8.76. The molecule has 184 valence electrons. The van der Waals surface area contributed by atoms with Crippen LogP contribution < -0.4 is 14.8 Å². The third-order valence-electron chi connectivity index (χ3n) is 6.35. The number of ether oxygens (including phenoxy) is 2. The zero-order valence-electron chi connectivity index (χ0n) is 19.9. The molecule has 2 aromatic carbocycles. The highest BCUT2D eigenvalue weighted by molar-refractivity contribution is 6.27. The van der Waals surface area contributed by atoms with Crippen LogP contribution in [0, 0.1) is 11.7 Å². The lowest BCUT2D eigenvalue weighted by Gasteiger charge is -2.34. The predicted octanol–water partition coefficient (Wildman–Crippen LogP) is 4.85. The number of alkyl halides is 1. The van der Waals surface area contributed by atoms with Crippen molar-refractivity contribution >= 4 is 23.4 Å². The number of nitrogens with one attached hydrogen (secondary N) is 1. The molecule has 6 nitrogen and oxygen atoms in total. The van der Waals surface area contributed by atoms with Gasteiger partial charge in [-0.2, -0.15) is 0 Å². The summed E-state index contributed by atoms with van der Waals surface area (Å²) in [5.74, 6) is 0.247. The Morgan fingerprint density at radius 1 is 1.06 bits per heavy atom. The number of nitrogens with zero attached hydrogens (tertiary/aromatic N) is 1. The molecule has 0 saturated heterocycles. The van der Waals surface area contributed by atoms with E-state index in [1.165, 1.54) is 31.3 Å². The molecule has 1 aliphatic carbocycles. The lowest BCUT2D eigenvalue weighted by atomic mass is 9.87. The van der Waals surface area contributed by atoms with Crippen LogP contribution in [0.4, 0.5) is 4.39 Å². The van der Waals surface area contributed by atoms with Crippen molar-refractivity contribution in [2.75, 3.05) is 20.1 Å². The fourth-order valence-electron chi connectivity index (χ4n) is 4.37. The van der Waals surface area contributed by atoms with Gasteiger partial charge >= 0.3 is 0 Å². The summed E-state index contributed by atoms with van der Waals surface area (Å²) in [4.78, 5) is 28.1. The van der Waals surface area contributed by atoms with E-state index in [0.29, 0.717) is 28.5 Å². The number of halogens is 2. The molecule has 0 spiro atoms. The molecule has 34 heavy (non-hydrogen) atoms. The zero-order valence-corrected chi connectivity index (χ0v) is 20.6. The summed E-state index contributed by atoms with van der Waals surface area (Å²) in [6.45, 7) is 2.31. The average Bonchev–Trinajstić information content (AvgIpc) is 2.85. The normalized spacial score (nSPS) is 18.6. The molecule has 0 bridgehead atoms. The minimum Gasteiger partial charge on any atom is -0.493 e. The van der Waals surface area contributed by atoms with Crippen molar-refractivity contribution in [1.29, 1.82) is 0 Å². The summed E-state index contributed by atoms with van der Waals surface area (Å²) in [6, 6.07) is 10.1. The van der Waals surface area contributed by atoms with E-state index in [1.807, 2.05) is 0 Å². The Morgan fingerprint density at radius 2 is 1.71 bits per heavy atom. The second-order valence-corrected chi connectivity index (χ2v) is 9.03. The molecule has 1 atom stereocenters. The van der Waals surface area contributed by atoms with E-state index in [-0.39, 0.29) is 30.2 Å². The van der Waals surface area contributed by atoms with E-state index >= 15 is 0 Å². The molecule has 1 fully saturated rings. The summed E-state index contributed by atoms with van der Waals surface area (Å²) in [6.07, 6.45) is 3.89. The van der Waals surface area contributed by atoms with Crippen LogP contribution in [-0.4, -0.2) is 42.9 Å². The zero-order chi connectivity index (χ0) is 24.7. The second kappa shape index (κ2) is 12.1. The molecule has 0 heterocycles. The van der Waals surface area contributed by atoms with Crippen LogP contribution >= 0.6 is 11.6 Å². The van der Waals surface area contributed by atoms with E-state index in [0.717, 1.165) is 25.7 Å². The van der Waals surface area contributed by atoms with Gasteiger partial charge < -0.3 is 19.7 Å². The van der Waals surface area contributed by atoms with Crippen molar-refractivity contribution < 1.29 is 23.5 Å². The largest absolute Gasteiger partial charge is 0.493 e. The molecule has 0 radical (unpaired) electrons. The van der Waals surface area contributed by atoms with Gasteiger partial charge in [-0.05, 0) is 67.0 Å². The van der Waals surface area contributed by atoms with Gasteiger partial charge in [-0.3, -0.25) is 9.59 Å². The fourth-order valence-corrected chi connectivity index (χ4v) is 4.52. The molecule has 0 unspecified atom stereocenters. The monoisotopic (exact) mass is 490 g/mol. The van der Waals surface area contributed by atoms with Crippen LogP contribution in [0.25, 0.3) is 0 Å². The molecule has 3 rings (SSSR count). The van der Waals surface area contributed by atoms with Crippen LogP contribution in [0.15, 0.2) is 42.5 Å². The van der Waals surface area contributed by atoms with Crippen LogP contribution in [0.3, 0.4) is 0 Å². The Bertz CT molecular complexity index is 977. The van der Waals surface area contributed by atoms with Gasteiger partial charge in [0.2, 0.25) is 11.8 Å². The van der Waals surface area contributed by atoms with Crippen molar-refractivity contribution in [2.45, 2.75) is 51.2 Å². The smallest absolute Gasteiger partial charge is 0.247 e. The lowest BCUT2D eigenvalue weighted by Crippen LogP contribution is -2.47. The van der Waals surface area contributed by atoms with Crippen LogP contribution in [-0.2, 0) is 16.1 Å². The van der Waals surface area contributed by atoms with E-state index in [2.05, 4.69) is 12.2 Å². The quantitative estimate of drug-likeness (QED) is 0.510. The highest BCUT2D eigenvalue weighted by atomic mass is 35.5. The Labute approximate surface area is 205 Å². The van der Waals surface area contributed by atoms with E-state index in [9.17, 15) is 14.0 Å². The Hall–Kier alpha value is -2.80. The molecule has 2 amide bonds. The van der Waals surface area contributed by atoms with Gasteiger partial charge in [0.15, 0.2) is 11.5 Å². The minimum absolute atomic E-state index is 0.0464. The van der Waals surface area contributed by atoms with E-state index in [1.54, 1.807) is 30.3 Å². The lowest BCUT2D eigenvalue weighted by molar-refractivity contribution is -0.140. The van der Waals surface area contributed by atoms with Crippen LogP contribution in [0.1, 0.15) is 49.8 Å². The third-order valence-corrected chi connectivity index (χ3v) is 6.58. The van der Waals surface area contributed by atoms with Gasteiger partial charge in [-0.25, -0.2) is 4.39 Å². The number of hydrogen-bond donors (Lipinski definition) is 1. The number of benzene rings is 2. The topological polar surface area (TPSA) is 67.9 Å². The summed E-state index contributed by atoms with van der Waals surface area (Å²) in [5, 5.41) is 3.15. The number of amides is 2. The Kier molecular flexibility index (Phi) is 9.16. The first-order valence-electron chi connectivity index (χ1n) is 11.5. The summed E-state index contributed by atoms with van der Waals surface area (Å²) in [5.41, 5.74) is 1.25. The molecule has 1 aliphatic rings. The predicted molar refractivity (Wildman–Crippen MR) is 130 cm³/mol. The molecule has 1 saturated carbocycles. The standard InChI is InChI=1S/C26H32ClFN2O4/c1-17-4-11-21(12-5-17)29-26(32)25(19-8-13-22(33-2)23(14-19)34-3)30(24(31)15-27)16-18-6-9-20(28)10-7-18/h6-10,13-14,17,21,25H,4-5,11-12,15-16H2,1-3H3,(H,29,32)/t17?,21?,25-/m1/s1. The maximum absolute atomic E-state index is 13.7. The summed E-state index contributed by atoms with van der Waals surface area (Å²) in [7, 11) is 3.05. The van der Waals surface area contributed by atoms with Gasteiger partial charge in [0.05, 0.1) is 14.2 Å². The van der Waals surface area contributed by atoms with Crippen molar-refractivity contribution in [3.63, 3.8) is 0 Å². The number of methoxy groups -OCH3 is 2. The van der Waals surface area contributed by atoms with Crippen molar-refractivity contribution in [3.8, 4) is 11.5 Å². The van der Waals surface area contributed by atoms with Gasteiger partial charge in [0.25, 0.3) is 0 Å². The molecule has 1 N–H and O–H groups in total. The van der Waals surface area contributed by atoms with Crippen molar-refractivity contribution in [3.05, 3.63) is 59.4 Å². The molecule has 8 heteroatoms. The van der Waals surface area contributed by atoms with Crippen molar-refractivity contribution in [1.82, 2.24) is 10.2 Å². The summed E-state index contributed by atoms with van der Waals surface area (Å²) < 4.78 is 24.2. The fraction of sp³-hybridized carbons (Fsp3) is 0.462. The highest BCUT2D eigenvalue weighted by Gasteiger charge is 2.33. The number of carbonyl (C=O) groups excluding carboxylic acids is 2. The van der Waals surface area contributed by atoms with Crippen LogP contribution in [0.2, 0.25) is 0 Å². The van der Waals surface area contributed by atoms with Gasteiger partial charge in [0, 0.05) is 12.6 Å². The molecule has 0 aromatic heterocycles. The SMILES string of the molecule is COc1ccc([C@H](C(=O)NC2CCC(C)CC2)N(Cc2ccc(F)cc2)C(=O)CCl)cc1OC. The third kappa shape index (κ3) is 6.41. The maximum Gasteiger partial charge on any atom is 0.247 e. The number of carbonyl (C=O) groups is 2. The van der Waals surface area contributed by atoms with E-state index in [4.69, 9.17) is 21.1 Å². The van der Waals surface area contributed by atoms with Gasteiger partial charge in [-0.1, -0.05) is 25.1 Å². The molecular weight excluding hydrogens is 459 g/mol. The van der Waals surface area contributed by atoms with E-state index < -0.39 is 11.9 Å². The average molecular weight is 491 g/mol. The minimum atomic E-state index is -0.949. The number of hydrogen-bond acceptors (Lipinski definition) is 4.